The quantitative estimate of drug-likeness (QED) is 0.697. The molecule has 1 aliphatic heterocycles. The van der Waals surface area contributed by atoms with E-state index in [0.29, 0.717) is 18.7 Å². The molecule has 1 unspecified atom stereocenters. The third kappa shape index (κ3) is 2.20. The Hall–Kier alpha value is -0.0800. The van der Waals surface area contributed by atoms with Crippen LogP contribution in [0.3, 0.4) is 0 Å². The summed E-state index contributed by atoms with van der Waals surface area (Å²) in [6.45, 7) is 5.99. The van der Waals surface area contributed by atoms with Crippen LogP contribution in [0, 0.1) is 0 Å². The highest BCUT2D eigenvalue weighted by Gasteiger charge is 2.24. The van der Waals surface area contributed by atoms with Gasteiger partial charge in [-0.2, -0.15) is 0 Å². The van der Waals surface area contributed by atoms with E-state index in [1.807, 2.05) is 0 Å². The molecule has 2 nitrogen and oxygen atoms in total. The molecule has 2 atom stereocenters. The average Bonchev–Trinajstić information content (AvgIpc) is 2.16. The highest BCUT2D eigenvalue weighted by molar-refractivity contribution is 4.79. The lowest BCUT2D eigenvalue weighted by molar-refractivity contribution is 0.0578. The maximum atomic E-state index is 9.16. The van der Waals surface area contributed by atoms with Crippen LogP contribution in [0.25, 0.3) is 0 Å². The minimum Gasteiger partial charge on any atom is -0.395 e. The van der Waals surface area contributed by atoms with Gasteiger partial charge in [-0.05, 0) is 32.7 Å². The number of nitrogens with zero attached hydrogens (tertiary/aromatic N) is 1. The Morgan fingerprint density at radius 3 is 2.83 bits per heavy atom. The van der Waals surface area contributed by atoms with Crippen LogP contribution in [0.5, 0.6) is 0 Å². The maximum Gasteiger partial charge on any atom is 0.0586 e. The third-order valence-corrected chi connectivity index (χ3v) is 3.04. The van der Waals surface area contributed by atoms with E-state index < -0.39 is 0 Å². The Kier molecular flexibility index (Phi) is 4.02. The molecule has 0 aliphatic carbocycles. The summed E-state index contributed by atoms with van der Waals surface area (Å²) < 4.78 is 0. The molecule has 0 spiro atoms. The predicted molar refractivity (Wildman–Crippen MR) is 51.2 cm³/mol. The minimum absolute atomic E-state index is 0.338. The van der Waals surface area contributed by atoms with Gasteiger partial charge in [-0.25, -0.2) is 0 Å². The summed E-state index contributed by atoms with van der Waals surface area (Å²) in [6, 6.07) is 1.08. The van der Waals surface area contributed by atoms with Crippen LogP contribution in [0.1, 0.15) is 39.5 Å². The van der Waals surface area contributed by atoms with Gasteiger partial charge in [0.25, 0.3) is 0 Å². The first-order valence-electron chi connectivity index (χ1n) is 5.16. The average molecular weight is 171 g/mol. The van der Waals surface area contributed by atoms with E-state index >= 15 is 0 Å². The molecule has 72 valence electrons. The number of rotatable bonds is 3. The molecule has 1 rings (SSSR count). The van der Waals surface area contributed by atoms with Crippen LogP contribution in [-0.4, -0.2) is 35.2 Å². The summed E-state index contributed by atoms with van der Waals surface area (Å²) in [5.74, 6) is 0. The second-order valence-electron chi connectivity index (χ2n) is 3.83. The Balaban J connectivity index is 2.46. The molecule has 0 bridgehead atoms. The van der Waals surface area contributed by atoms with Crippen LogP contribution in [0.15, 0.2) is 0 Å². The summed E-state index contributed by atoms with van der Waals surface area (Å²) in [7, 11) is 0. The summed E-state index contributed by atoms with van der Waals surface area (Å²) >= 11 is 0. The molecular formula is C10H21NO. The van der Waals surface area contributed by atoms with Crippen LogP contribution in [0.4, 0.5) is 0 Å². The summed E-state index contributed by atoms with van der Waals surface area (Å²) in [6.07, 6.45) is 4.97. The highest BCUT2D eigenvalue weighted by Crippen LogP contribution is 2.20. The zero-order valence-corrected chi connectivity index (χ0v) is 8.29. The molecular weight excluding hydrogens is 150 g/mol. The van der Waals surface area contributed by atoms with Crippen LogP contribution >= 0.6 is 0 Å². The summed E-state index contributed by atoms with van der Waals surface area (Å²) in [4.78, 5) is 2.46. The van der Waals surface area contributed by atoms with Crippen molar-refractivity contribution in [1.82, 2.24) is 4.90 Å². The topological polar surface area (TPSA) is 23.5 Å². The molecule has 0 saturated carbocycles. The van der Waals surface area contributed by atoms with Gasteiger partial charge in [0.1, 0.15) is 0 Å². The zero-order chi connectivity index (χ0) is 8.97. The fourth-order valence-electron chi connectivity index (χ4n) is 2.03. The van der Waals surface area contributed by atoms with Crippen LogP contribution in [-0.2, 0) is 0 Å². The van der Waals surface area contributed by atoms with Gasteiger partial charge in [-0.15, -0.1) is 0 Å². The van der Waals surface area contributed by atoms with Gasteiger partial charge in [-0.3, -0.25) is 4.90 Å². The third-order valence-electron chi connectivity index (χ3n) is 3.04. The molecule has 1 N–H and O–H groups in total. The fourth-order valence-corrected chi connectivity index (χ4v) is 2.03. The van der Waals surface area contributed by atoms with Crippen LogP contribution < -0.4 is 0 Å². The molecule has 0 amide bonds. The fraction of sp³-hybridized carbons (Fsp3) is 1.00. The van der Waals surface area contributed by atoms with Crippen molar-refractivity contribution in [3.8, 4) is 0 Å². The van der Waals surface area contributed by atoms with Crippen molar-refractivity contribution in [1.29, 1.82) is 0 Å². The molecule has 1 saturated heterocycles. The van der Waals surface area contributed by atoms with E-state index in [0.717, 1.165) is 0 Å². The first kappa shape index (κ1) is 10.0. The first-order chi connectivity index (χ1) is 5.79. The number of aliphatic hydroxyl groups is 1. The number of hydrogen-bond acceptors (Lipinski definition) is 2. The number of piperidine rings is 1. The molecule has 1 aliphatic rings. The van der Waals surface area contributed by atoms with Gasteiger partial charge in [-0.1, -0.05) is 13.3 Å². The van der Waals surface area contributed by atoms with Gasteiger partial charge in [0.15, 0.2) is 0 Å². The lowest BCUT2D eigenvalue weighted by Crippen LogP contribution is -2.46. The van der Waals surface area contributed by atoms with Crippen molar-refractivity contribution in [2.24, 2.45) is 0 Å². The van der Waals surface area contributed by atoms with Crippen molar-refractivity contribution in [3.63, 3.8) is 0 Å². The largest absolute Gasteiger partial charge is 0.395 e. The lowest BCUT2D eigenvalue weighted by atomic mass is 10.00. The van der Waals surface area contributed by atoms with Gasteiger partial charge < -0.3 is 5.11 Å². The highest BCUT2D eigenvalue weighted by atomic mass is 16.3. The maximum absolute atomic E-state index is 9.16. The molecule has 2 heteroatoms. The lowest BCUT2D eigenvalue weighted by Gasteiger charge is -2.38. The normalized spacial score (nSPS) is 28.8. The summed E-state index contributed by atoms with van der Waals surface area (Å²) in [5, 5.41) is 9.16. The molecule has 0 aromatic rings. The van der Waals surface area contributed by atoms with Gasteiger partial charge in [0.05, 0.1) is 6.61 Å². The van der Waals surface area contributed by atoms with E-state index in [1.54, 1.807) is 0 Å². The molecule has 0 radical (unpaired) electrons. The summed E-state index contributed by atoms with van der Waals surface area (Å²) in [5.41, 5.74) is 0. The molecule has 1 heterocycles. The first-order valence-corrected chi connectivity index (χ1v) is 5.16. The van der Waals surface area contributed by atoms with Crippen molar-refractivity contribution in [3.05, 3.63) is 0 Å². The van der Waals surface area contributed by atoms with Crippen molar-refractivity contribution >= 4 is 0 Å². The SMILES string of the molecule is CCC(C)N1CCCC[C@H]1CO. The second-order valence-corrected chi connectivity index (χ2v) is 3.83. The molecule has 0 aromatic heterocycles. The standard InChI is InChI=1S/C10H21NO/c1-3-9(2)11-7-5-4-6-10(11)8-12/h9-10,12H,3-8H2,1-2H3/t9?,10-/m0/s1. The smallest absolute Gasteiger partial charge is 0.0586 e. The van der Waals surface area contributed by atoms with Crippen LogP contribution in [0.2, 0.25) is 0 Å². The minimum atomic E-state index is 0.338. The number of aliphatic hydroxyl groups excluding tert-OH is 1. The number of hydrogen-bond donors (Lipinski definition) is 1. The number of likely N-dealkylation sites (tertiary alicyclic amines) is 1. The van der Waals surface area contributed by atoms with E-state index in [4.69, 9.17) is 5.11 Å². The van der Waals surface area contributed by atoms with E-state index in [2.05, 4.69) is 18.7 Å². The van der Waals surface area contributed by atoms with Gasteiger partial charge in [0, 0.05) is 12.1 Å². The Labute approximate surface area is 75.6 Å². The van der Waals surface area contributed by atoms with Crippen molar-refractivity contribution in [2.75, 3.05) is 13.2 Å². The Morgan fingerprint density at radius 1 is 1.50 bits per heavy atom. The molecule has 0 aromatic carbocycles. The Bertz CT molecular complexity index is 127. The van der Waals surface area contributed by atoms with E-state index in [9.17, 15) is 0 Å². The van der Waals surface area contributed by atoms with Gasteiger partial charge >= 0.3 is 0 Å². The van der Waals surface area contributed by atoms with E-state index in [1.165, 1.54) is 32.2 Å². The second kappa shape index (κ2) is 4.83. The monoisotopic (exact) mass is 171 g/mol. The van der Waals surface area contributed by atoms with Crippen molar-refractivity contribution in [2.45, 2.75) is 51.6 Å². The zero-order valence-electron chi connectivity index (χ0n) is 8.29. The molecule has 12 heavy (non-hydrogen) atoms. The predicted octanol–water partition coefficient (Wildman–Crippen LogP) is 1.63. The van der Waals surface area contributed by atoms with E-state index in [-0.39, 0.29) is 0 Å². The molecule has 1 fully saturated rings. The van der Waals surface area contributed by atoms with Crippen molar-refractivity contribution < 1.29 is 5.11 Å². The van der Waals surface area contributed by atoms with Gasteiger partial charge in [0.2, 0.25) is 0 Å². The Morgan fingerprint density at radius 2 is 2.25 bits per heavy atom.